The molecule has 0 saturated carbocycles. The lowest BCUT2D eigenvalue weighted by molar-refractivity contribution is -0.404. The Morgan fingerprint density at radius 3 is 2.38 bits per heavy atom. The lowest BCUT2D eigenvalue weighted by atomic mass is 10.2. The average Bonchev–Trinajstić information content (AvgIpc) is 2.69. The number of nitro groups is 1. The molecule has 0 unspecified atom stereocenters. The van der Waals surface area contributed by atoms with Gasteiger partial charge in [-0.15, -0.1) is 0 Å². The molecule has 0 spiro atoms. The molecule has 2 rings (SSSR count). The number of hydrogen-bond donors (Lipinski definition) is 2. The molecule has 0 fully saturated rings. The lowest BCUT2D eigenvalue weighted by Crippen LogP contribution is -2.29. The first-order valence-corrected chi connectivity index (χ1v) is 11.1. The number of rotatable bonds is 13. The monoisotopic (exact) mass is 455 g/mol. The fourth-order valence-electron chi connectivity index (χ4n) is 2.45. The summed E-state index contributed by atoms with van der Waals surface area (Å²) >= 11 is 13.8. The van der Waals surface area contributed by atoms with E-state index in [0.717, 1.165) is 42.6 Å². The van der Waals surface area contributed by atoms with Crippen LogP contribution in [-0.2, 0) is 12.2 Å². The average molecular weight is 456 g/mol. The Hall–Kier alpha value is -2.03. The van der Waals surface area contributed by atoms with Gasteiger partial charge in [0.1, 0.15) is 0 Å². The van der Waals surface area contributed by atoms with E-state index in [-0.39, 0.29) is 0 Å². The molecule has 2 aromatic rings. The summed E-state index contributed by atoms with van der Waals surface area (Å²) in [7, 11) is 0. The number of thioether (sulfide) groups is 1. The Bertz CT molecular complexity index is 765. The van der Waals surface area contributed by atoms with E-state index in [9.17, 15) is 10.1 Å². The maximum atomic E-state index is 10.8. The van der Waals surface area contributed by atoms with Gasteiger partial charge in [0.05, 0.1) is 26.4 Å². The molecular formula is C19H23Cl2N5O2S. The van der Waals surface area contributed by atoms with Crippen molar-refractivity contribution in [2.75, 3.05) is 18.8 Å². The Balaban J connectivity index is 1.65. The highest BCUT2D eigenvalue weighted by Crippen LogP contribution is 2.18. The second-order valence-corrected chi connectivity index (χ2v) is 7.97. The number of hydrogen-bond acceptors (Lipinski definition) is 7. The van der Waals surface area contributed by atoms with Crippen LogP contribution in [0.25, 0.3) is 0 Å². The van der Waals surface area contributed by atoms with Crippen molar-refractivity contribution >= 4 is 35.0 Å². The predicted molar refractivity (Wildman–Crippen MR) is 119 cm³/mol. The third-order valence-corrected chi connectivity index (χ3v) is 5.52. The predicted octanol–water partition coefficient (Wildman–Crippen LogP) is 4.29. The van der Waals surface area contributed by atoms with Gasteiger partial charge >= 0.3 is 0 Å². The number of aryl methyl sites for hydroxylation is 1. The molecule has 0 atom stereocenters. The van der Waals surface area contributed by atoms with Crippen LogP contribution in [0.4, 0.5) is 0 Å². The van der Waals surface area contributed by atoms with Crippen LogP contribution in [0.5, 0.6) is 0 Å². The van der Waals surface area contributed by atoms with Gasteiger partial charge in [0.25, 0.3) is 6.20 Å². The van der Waals surface area contributed by atoms with E-state index < -0.39 is 4.92 Å². The van der Waals surface area contributed by atoms with Crippen molar-refractivity contribution in [2.45, 2.75) is 25.0 Å². The maximum absolute atomic E-state index is 10.8. The highest BCUT2D eigenvalue weighted by atomic mass is 35.5. The van der Waals surface area contributed by atoms with E-state index in [1.54, 1.807) is 36.3 Å². The number of nitrogens with one attached hydrogen (secondary N) is 2. The molecular weight excluding hydrogens is 433 g/mol. The topological polar surface area (TPSA) is 93.0 Å². The van der Waals surface area contributed by atoms with Gasteiger partial charge in [0.15, 0.2) is 5.82 Å². The van der Waals surface area contributed by atoms with Gasteiger partial charge in [-0.05, 0) is 43.5 Å². The van der Waals surface area contributed by atoms with Gasteiger partial charge in [-0.1, -0.05) is 23.2 Å². The molecule has 0 saturated heterocycles. The van der Waals surface area contributed by atoms with E-state index in [4.69, 9.17) is 23.2 Å². The minimum absolute atomic E-state index is 0.405. The zero-order valence-corrected chi connectivity index (χ0v) is 18.1. The number of pyridine rings is 2. The van der Waals surface area contributed by atoms with E-state index in [1.807, 2.05) is 12.1 Å². The van der Waals surface area contributed by atoms with Crippen molar-refractivity contribution in [3.63, 3.8) is 0 Å². The van der Waals surface area contributed by atoms with Crippen LogP contribution < -0.4 is 10.6 Å². The van der Waals surface area contributed by atoms with Crippen LogP contribution in [0, 0.1) is 10.1 Å². The van der Waals surface area contributed by atoms with Gasteiger partial charge in [0.2, 0.25) is 0 Å². The van der Waals surface area contributed by atoms with Crippen LogP contribution in [0.2, 0.25) is 10.0 Å². The first-order valence-electron chi connectivity index (χ1n) is 9.16. The van der Waals surface area contributed by atoms with Crippen molar-refractivity contribution < 1.29 is 4.92 Å². The van der Waals surface area contributed by atoms with Gasteiger partial charge in [-0.25, -0.2) is 0 Å². The third kappa shape index (κ3) is 9.34. The second kappa shape index (κ2) is 13.2. The van der Waals surface area contributed by atoms with Crippen molar-refractivity contribution in [1.82, 2.24) is 20.6 Å². The summed E-state index contributed by atoms with van der Waals surface area (Å²) in [5, 5.41) is 18.3. The molecule has 0 aromatic carbocycles. The molecule has 156 valence electrons. The zero-order chi connectivity index (χ0) is 20.9. The molecule has 0 aliphatic carbocycles. The summed E-state index contributed by atoms with van der Waals surface area (Å²) in [5.74, 6) is 1.86. The summed E-state index contributed by atoms with van der Waals surface area (Å²) < 4.78 is 0. The standard InChI is InChI=1S/C19H23Cl2N5O2S/c20-15-5-3-9-22-17(15)7-1-2-8-24-19(13-26(27)28)25-11-12-29-14-18-16(21)6-4-10-23-18/h3-6,9-10,13,24-25H,1-2,7-8,11-12,14H2/b19-13-. The first-order chi connectivity index (χ1) is 14.1. The highest BCUT2D eigenvalue weighted by molar-refractivity contribution is 7.98. The van der Waals surface area contributed by atoms with Gasteiger partial charge in [-0.2, -0.15) is 11.8 Å². The Kier molecular flexibility index (Phi) is 10.6. The van der Waals surface area contributed by atoms with E-state index in [1.165, 1.54) is 0 Å². The summed E-state index contributed by atoms with van der Waals surface area (Å²) in [5.41, 5.74) is 1.71. The van der Waals surface area contributed by atoms with Gasteiger partial charge < -0.3 is 10.6 Å². The van der Waals surface area contributed by atoms with Gasteiger partial charge in [-0.3, -0.25) is 20.1 Å². The van der Waals surface area contributed by atoms with E-state index >= 15 is 0 Å². The number of aromatic nitrogens is 2. The molecule has 0 aliphatic rings. The van der Waals surface area contributed by atoms with Crippen molar-refractivity contribution in [2.24, 2.45) is 0 Å². The Labute approximate surface area is 184 Å². The van der Waals surface area contributed by atoms with Crippen LogP contribution in [0.3, 0.4) is 0 Å². The van der Waals surface area contributed by atoms with Crippen LogP contribution in [-0.4, -0.2) is 33.7 Å². The van der Waals surface area contributed by atoms with E-state index in [0.29, 0.717) is 34.7 Å². The maximum Gasteiger partial charge on any atom is 0.274 e. The van der Waals surface area contributed by atoms with Crippen LogP contribution in [0.1, 0.15) is 24.2 Å². The van der Waals surface area contributed by atoms with Crippen molar-refractivity contribution in [1.29, 1.82) is 0 Å². The summed E-state index contributed by atoms with van der Waals surface area (Å²) in [4.78, 5) is 18.9. The lowest BCUT2D eigenvalue weighted by Gasteiger charge is -2.11. The molecule has 0 amide bonds. The molecule has 10 heteroatoms. The van der Waals surface area contributed by atoms with E-state index in [2.05, 4.69) is 20.6 Å². The fraction of sp³-hybridized carbons (Fsp3) is 0.368. The van der Waals surface area contributed by atoms with Crippen molar-refractivity contribution in [3.8, 4) is 0 Å². The van der Waals surface area contributed by atoms with Gasteiger partial charge in [0, 0.05) is 37.0 Å². The normalized spacial score (nSPS) is 11.3. The minimum Gasteiger partial charge on any atom is -0.367 e. The molecule has 0 radical (unpaired) electrons. The number of nitrogens with zero attached hydrogens (tertiary/aromatic N) is 3. The molecule has 29 heavy (non-hydrogen) atoms. The molecule has 2 aromatic heterocycles. The second-order valence-electron chi connectivity index (χ2n) is 6.06. The molecule has 2 heterocycles. The minimum atomic E-state index is -0.468. The van der Waals surface area contributed by atoms with Crippen LogP contribution in [0.15, 0.2) is 48.7 Å². The third-order valence-electron chi connectivity index (χ3n) is 3.86. The fourth-order valence-corrected chi connectivity index (χ4v) is 3.75. The van der Waals surface area contributed by atoms with Crippen LogP contribution >= 0.6 is 35.0 Å². The molecule has 7 nitrogen and oxygen atoms in total. The zero-order valence-electron chi connectivity index (χ0n) is 15.8. The smallest absolute Gasteiger partial charge is 0.274 e. The first kappa shape index (κ1) is 23.3. The molecule has 0 bridgehead atoms. The largest absolute Gasteiger partial charge is 0.367 e. The number of unbranched alkanes of at least 4 members (excludes halogenated alkanes) is 1. The Morgan fingerprint density at radius 1 is 1.07 bits per heavy atom. The highest BCUT2D eigenvalue weighted by Gasteiger charge is 2.05. The number of halogens is 2. The molecule has 0 aliphatic heterocycles. The SMILES string of the molecule is O=[N+]([O-])/C=C(/NCCCCc1ncccc1Cl)NCCSCc1ncccc1Cl. The Morgan fingerprint density at radius 2 is 1.72 bits per heavy atom. The van der Waals surface area contributed by atoms with Crippen molar-refractivity contribution in [3.05, 3.63) is 80.2 Å². The quantitative estimate of drug-likeness (QED) is 0.264. The summed E-state index contributed by atoms with van der Waals surface area (Å²) in [6, 6.07) is 7.23. The summed E-state index contributed by atoms with van der Waals surface area (Å²) in [6.45, 7) is 1.21. The summed E-state index contributed by atoms with van der Waals surface area (Å²) in [6.07, 6.45) is 6.89. The molecule has 2 N–H and O–H groups in total.